The first kappa shape index (κ1) is 15.7. The number of carbonyl (C=O) groups excluding carboxylic acids is 1. The Morgan fingerprint density at radius 3 is 2.57 bits per heavy atom. The predicted octanol–water partition coefficient (Wildman–Crippen LogP) is 5.27. The van der Waals surface area contributed by atoms with Crippen molar-refractivity contribution in [3.8, 4) is 0 Å². The molecule has 110 valence electrons. The molecule has 2 aromatic rings. The lowest BCUT2D eigenvalue weighted by Gasteiger charge is -2.16. The Bertz CT molecular complexity index is 682. The molecule has 0 saturated heterocycles. The zero-order valence-electron chi connectivity index (χ0n) is 12.2. The molecule has 0 aromatic heterocycles. The van der Waals surface area contributed by atoms with Gasteiger partial charge in [-0.15, -0.1) is 0 Å². The maximum absolute atomic E-state index is 13.9. The Labute approximate surface area is 132 Å². The highest BCUT2D eigenvalue weighted by molar-refractivity contribution is 9.10. The number of para-hydroxylation sites is 1. The molecule has 0 atom stereocenters. The van der Waals surface area contributed by atoms with Crippen LogP contribution in [0.3, 0.4) is 0 Å². The average Bonchev–Trinajstić information content (AvgIpc) is 2.40. The van der Waals surface area contributed by atoms with E-state index < -0.39 is 11.7 Å². The van der Waals surface area contributed by atoms with Crippen LogP contribution in [0.25, 0.3) is 0 Å². The molecule has 0 radical (unpaired) electrons. The van der Waals surface area contributed by atoms with Crippen LogP contribution >= 0.6 is 15.9 Å². The van der Waals surface area contributed by atoms with Crippen molar-refractivity contribution in [2.45, 2.75) is 26.7 Å². The lowest BCUT2D eigenvalue weighted by molar-refractivity contribution is 0.102. The summed E-state index contributed by atoms with van der Waals surface area (Å²) in [5, 5.41) is 2.84. The first-order valence-electron chi connectivity index (χ1n) is 6.76. The summed E-state index contributed by atoms with van der Waals surface area (Å²) < 4.78 is 14.5. The molecule has 0 heterocycles. The molecule has 4 heteroatoms. The molecule has 0 unspecified atom stereocenters. The van der Waals surface area contributed by atoms with Crippen LogP contribution in [-0.2, 0) is 0 Å². The highest BCUT2D eigenvalue weighted by Crippen LogP contribution is 2.28. The molecule has 0 aliphatic heterocycles. The van der Waals surface area contributed by atoms with Crippen molar-refractivity contribution in [3.63, 3.8) is 0 Å². The molecule has 2 rings (SSSR count). The van der Waals surface area contributed by atoms with Crippen LogP contribution in [-0.4, -0.2) is 5.91 Å². The van der Waals surface area contributed by atoms with Gasteiger partial charge in [-0.25, -0.2) is 4.39 Å². The summed E-state index contributed by atoms with van der Waals surface area (Å²) in [5.74, 6) is -0.701. The maximum atomic E-state index is 13.9. The average molecular weight is 350 g/mol. The molecule has 0 aliphatic rings. The fraction of sp³-hybridized carbons (Fsp3) is 0.235. The van der Waals surface area contributed by atoms with Crippen LogP contribution in [0.15, 0.2) is 40.9 Å². The van der Waals surface area contributed by atoms with E-state index in [-0.39, 0.29) is 11.5 Å². The number of hydrogen-bond acceptors (Lipinski definition) is 1. The summed E-state index contributed by atoms with van der Waals surface area (Å²) in [5.41, 5.74) is 2.81. The van der Waals surface area contributed by atoms with E-state index in [0.29, 0.717) is 4.47 Å². The zero-order valence-corrected chi connectivity index (χ0v) is 13.8. The van der Waals surface area contributed by atoms with Crippen molar-refractivity contribution in [1.82, 2.24) is 0 Å². The van der Waals surface area contributed by atoms with E-state index in [0.717, 1.165) is 16.8 Å². The summed E-state index contributed by atoms with van der Waals surface area (Å²) in [6.07, 6.45) is 0. The fourth-order valence-corrected chi connectivity index (χ4v) is 2.53. The molecule has 1 amide bonds. The first-order chi connectivity index (χ1) is 9.90. The first-order valence-corrected chi connectivity index (χ1v) is 7.55. The fourth-order valence-electron chi connectivity index (χ4n) is 2.20. The minimum absolute atomic E-state index is 0.0381. The van der Waals surface area contributed by atoms with Gasteiger partial charge in [-0.05, 0) is 42.2 Å². The van der Waals surface area contributed by atoms with E-state index in [1.54, 1.807) is 6.07 Å². The van der Waals surface area contributed by atoms with Gasteiger partial charge in [0, 0.05) is 10.2 Å². The predicted molar refractivity (Wildman–Crippen MR) is 87.3 cm³/mol. The molecule has 0 spiro atoms. The molecule has 0 bridgehead atoms. The Morgan fingerprint density at radius 2 is 1.95 bits per heavy atom. The Balaban J connectivity index is 2.36. The van der Waals surface area contributed by atoms with Gasteiger partial charge in [0.25, 0.3) is 5.91 Å². The van der Waals surface area contributed by atoms with Crippen LogP contribution in [0.5, 0.6) is 0 Å². The van der Waals surface area contributed by atoms with Crippen molar-refractivity contribution < 1.29 is 9.18 Å². The molecule has 0 saturated carbocycles. The SMILES string of the molecule is Cc1cccc(C(C)C)c1NC(=O)c1ccc(Br)cc1F. The van der Waals surface area contributed by atoms with Gasteiger partial charge in [0.05, 0.1) is 5.56 Å². The van der Waals surface area contributed by atoms with Crippen LogP contribution in [0.2, 0.25) is 0 Å². The number of rotatable bonds is 3. The van der Waals surface area contributed by atoms with E-state index in [1.807, 2.05) is 25.1 Å². The number of anilines is 1. The van der Waals surface area contributed by atoms with Crippen molar-refractivity contribution in [2.24, 2.45) is 0 Å². The van der Waals surface area contributed by atoms with E-state index in [4.69, 9.17) is 0 Å². The molecule has 0 aliphatic carbocycles. The number of benzene rings is 2. The summed E-state index contributed by atoms with van der Waals surface area (Å²) in [7, 11) is 0. The van der Waals surface area contributed by atoms with Gasteiger partial charge in [0.1, 0.15) is 5.82 Å². The van der Waals surface area contributed by atoms with Gasteiger partial charge < -0.3 is 5.32 Å². The second kappa shape index (κ2) is 6.39. The number of amides is 1. The van der Waals surface area contributed by atoms with Crippen molar-refractivity contribution in [2.75, 3.05) is 5.32 Å². The largest absolute Gasteiger partial charge is 0.321 e. The number of aryl methyl sites for hydroxylation is 1. The quantitative estimate of drug-likeness (QED) is 0.803. The monoisotopic (exact) mass is 349 g/mol. The zero-order chi connectivity index (χ0) is 15.6. The van der Waals surface area contributed by atoms with E-state index in [9.17, 15) is 9.18 Å². The smallest absolute Gasteiger partial charge is 0.258 e. The second-order valence-electron chi connectivity index (χ2n) is 5.27. The van der Waals surface area contributed by atoms with E-state index in [2.05, 4.69) is 35.1 Å². The third-order valence-corrected chi connectivity index (χ3v) is 3.83. The summed E-state index contributed by atoms with van der Waals surface area (Å²) in [6, 6.07) is 10.3. The van der Waals surface area contributed by atoms with Gasteiger partial charge in [-0.2, -0.15) is 0 Å². The molecule has 1 N–H and O–H groups in total. The molecule has 2 aromatic carbocycles. The van der Waals surface area contributed by atoms with Gasteiger partial charge in [-0.1, -0.05) is 48.0 Å². The van der Waals surface area contributed by atoms with Gasteiger partial charge >= 0.3 is 0 Å². The molecular formula is C17H17BrFNO. The Kier molecular flexibility index (Phi) is 4.78. The summed E-state index contributed by atoms with van der Waals surface area (Å²) in [4.78, 5) is 12.3. The van der Waals surface area contributed by atoms with Crippen LogP contribution in [0, 0.1) is 12.7 Å². The second-order valence-corrected chi connectivity index (χ2v) is 6.19. The van der Waals surface area contributed by atoms with Crippen LogP contribution in [0.1, 0.15) is 41.3 Å². The number of carbonyl (C=O) groups is 1. The maximum Gasteiger partial charge on any atom is 0.258 e. The molecule has 2 nitrogen and oxygen atoms in total. The molecule has 0 fully saturated rings. The normalized spacial score (nSPS) is 10.8. The van der Waals surface area contributed by atoms with Crippen molar-refractivity contribution >= 4 is 27.5 Å². The highest BCUT2D eigenvalue weighted by atomic mass is 79.9. The van der Waals surface area contributed by atoms with Crippen molar-refractivity contribution in [3.05, 3.63) is 63.4 Å². The van der Waals surface area contributed by atoms with Gasteiger partial charge in [0.15, 0.2) is 0 Å². The Hall–Kier alpha value is -1.68. The molecular weight excluding hydrogens is 333 g/mol. The van der Waals surface area contributed by atoms with Crippen LogP contribution in [0.4, 0.5) is 10.1 Å². The van der Waals surface area contributed by atoms with Crippen LogP contribution < -0.4 is 5.32 Å². The number of halogens is 2. The highest BCUT2D eigenvalue weighted by Gasteiger charge is 2.16. The number of hydrogen-bond donors (Lipinski definition) is 1. The number of nitrogens with one attached hydrogen (secondary N) is 1. The minimum atomic E-state index is -0.540. The lowest BCUT2D eigenvalue weighted by Crippen LogP contribution is -2.16. The third-order valence-electron chi connectivity index (χ3n) is 3.34. The Morgan fingerprint density at radius 1 is 1.24 bits per heavy atom. The van der Waals surface area contributed by atoms with Gasteiger partial charge in [0.2, 0.25) is 0 Å². The summed E-state index contributed by atoms with van der Waals surface area (Å²) >= 11 is 3.18. The third kappa shape index (κ3) is 3.50. The van der Waals surface area contributed by atoms with Crippen molar-refractivity contribution in [1.29, 1.82) is 0 Å². The topological polar surface area (TPSA) is 29.1 Å². The standard InChI is InChI=1S/C17H17BrFNO/c1-10(2)13-6-4-5-11(3)16(13)20-17(21)14-8-7-12(18)9-15(14)19/h4-10H,1-3H3,(H,20,21). The van der Waals surface area contributed by atoms with Gasteiger partial charge in [-0.3, -0.25) is 4.79 Å². The summed E-state index contributed by atoms with van der Waals surface area (Å²) in [6.45, 7) is 6.05. The lowest BCUT2D eigenvalue weighted by atomic mass is 9.98. The molecule has 21 heavy (non-hydrogen) atoms. The van der Waals surface area contributed by atoms with E-state index in [1.165, 1.54) is 12.1 Å². The van der Waals surface area contributed by atoms with E-state index >= 15 is 0 Å². The minimum Gasteiger partial charge on any atom is -0.321 e.